The summed E-state index contributed by atoms with van der Waals surface area (Å²) in [6.45, 7) is 4.38. The van der Waals surface area contributed by atoms with Crippen molar-refractivity contribution in [3.05, 3.63) is 17.3 Å². The largest absolute Gasteiger partial charge is 0.393 e. The monoisotopic (exact) mass is 547 g/mol. The molecule has 2 aromatic rings. The van der Waals surface area contributed by atoms with E-state index in [1.807, 2.05) is 0 Å². The van der Waals surface area contributed by atoms with E-state index in [2.05, 4.69) is 24.9 Å². The summed E-state index contributed by atoms with van der Waals surface area (Å²) in [6.07, 6.45) is 3.45. The van der Waals surface area contributed by atoms with Crippen molar-refractivity contribution in [2.24, 2.45) is 11.3 Å². The quantitative estimate of drug-likeness (QED) is 0.507. The highest BCUT2D eigenvalue weighted by molar-refractivity contribution is 7.89. The minimum Gasteiger partial charge on any atom is -0.355 e. The maximum Gasteiger partial charge on any atom is 0.393 e. The van der Waals surface area contributed by atoms with Crippen LogP contribution in [0.2, 0.25) is 0 Å². The summed E-state index contributed by atoms with van der Waals surface area (Å²) in [5.41, 5.74) is 0.246. The molecule has 3 aliphatic rings. The van der Waals surface area contributed by atoms with Crippen molar-refractivity contribution in [1.82, 2.24) is 20.0 Å². The van der Waals surface area contributed by atoms with Gasteiger partial charge in [0.1, 0.15) is 17.0 Å². The zero-order chi connectivity index (χ0) is 25.6. The normalized spacial score (nSPS) is 29.2. The second kappa shape index (κ2) is 9.99. The van der Waals surface area contributed by atoms with Gasteiger partial charge in [0.2, 0.25) is 10.0 Å². The highest BCUT2D eigenvalue weighted by atomic mass is 32.2. The van der Waals surface area contributed by atoms with Crippen LogP contribution in [0, 0.1) is 11.3 Å². The van der Waals surface area contributed by atoms with Crippen LogP contribution in [-0.2, 0) is 16.4 Å². The molecule has 2 aliphatic carbocycles. The third-order valence-electron chi connectivity index (χ3n) is 8.10. The fraction of sp³-hybridized carbons (Fsp3) is 0.750. The van der Waals surface area contributed by atoms with Crippen LogP contribution in [0.15, 0.2) is 12.4 Å². The van der Waals surface area contributed by atoms with Gasteiger partial charge in [-0.2, -0.15) is 13.2 Å². The van der Waals surface area contributed by atoms with Crippen LogP contribution in [0.5, 0.6) is 0 Å². The molecule has 2 saturated carbocycles. The summed E-state index contributed by atoms with van der Waals surface area (Å²) in [6, 6.07) is 2.18. The first-order chi connectivity index (χ1) is 17.0. The van der Waals surface area contributed by atoms with E-state index < -0.39 is 22.6 Å². The number of fused-ring (bicyclic) bond motifs is 1. The Balaban J connectivity index is 0.00000320. The lowest BCUT2D eigenvalue weighted by molar-refractivity contribution is -0.126. The lowest BCUT2D eigenvalue weighted by Crippen LogP contribution is -2.51. The van der Waals surface area contributed by atoms with E-state index in [9.17, 15) is 21.6 Å². The van der Waals surface area contributed by atoms with Gasteiger partial charge in [0.15, 0.2) is 0 Å². The second-order valence-corrected chi connectivity index (χ2v) is 14.0. The van der Waals surface area contributed by atoms with Gasteiger partial charge in [-0.25, -0.2) is 23.1 Å². The van der Waals surface area contributed by atoms with Crippen molar-refractivity contribution < 1.29 is 23.0 Å². The molecule has 12 heteroatoms. The number of anilines is 1. The van der Waals surface area contributed by atoms with E-state index in [4.69, 9.17) is 0 Å². The zero-order valence-corrected chi connectivity index (χ0v) is 22.1. The Morgan fingerprint density at radius 2 is 1.94 bits per heavy atom. The molecule has 36 heavy (non-hydrogen) atoms. The van der Waals surface area contributed by atoms with Crippen molar-refractivity contribution in [2.45, 2.75) is 76.6 Å². The van der Waals surface area contributed by atoms with Gasteiger partial charge in [0, 0.05) is 31.5 Å². The first-order valence-corrected chi connectivity index (χ1v) is 15.3. The molecule has 1 saturated heterocycles. The number of alkyl halides is 3. The fourth-order valence-corrected chi connectivity index (χ4v) is 8.09. The Bertz CT molecular complexity index is 1180. The van der Waals surface area contributed by atoms with Gasteiger partial charge in [-0.05, 0) is 75.8 Å². The van der Waals surface area contributed by atoms with Gasteiger partial charge in [-0.15, -0.1) is 11.3 Å². The highest BCUT2D eigenvalue weighted by Gasteiger charge is 2.48. The molecule has 2 aromatic heterocycles. The van der Waals surface area contributed by atoms with Gasteiger partial charge in [0.25, 0.3) is 0 Å². The predicted octanol–water partition coefficient (Wildman–Crippen LogP) is 4.49. The molecule has 3 fully saturated rings. The average Bonchev–Trinajstić information content (AvgIpc) is 3.40. The Hall–Kier alpha value is -1.50. The number of hydrogen-bond acceptors (Lipinski definition) is 7. The summed E-state index contributed by atoms with van der Waals surface area (Å²) in [7, 11) is -3.14. The summed E-state index contributed by atoms with van der Waals surface area (Å²) < 4.78 is 65.0. The molecule has 2 N–H and O–H groups in total. The molecule has 0 atom stereocenters. The van der Waals surface area contributed by atoms with Gasteiger partial charge < -0.3 is 10.2 Å². The molecule has 7 nitrogen and oxygen atoms in total. The molecule has 0 amide bonds. The first-order valence-electron chi connectivity index (χ1n) is 12.8. The van der Waals surface area contributed by atoms with Gasteiger partial charge in [0.05, 0.1) is 17.6 Å². The van der Waals surface area contributed by atoms with Crippen LogP contribution >= 0.6 is 11.3 Å². The number of aromatic nitrogens is 2. The topological polar surface area (TPSA) is 87.2 Å². The van der Waals surface area contributed by atoms with Crippen molar-refractivity contribution in [3.8, 4) is 0 Å². The zero-order valence-electron chi connectivity index (χ0n) is 20.5. The van der Waals surface area contributed by atoms with E-state index in [1.165, 1.54) is 6.33 Å². The Labute approximate surface area is 215 Å². The SMILES string of the molecule is CCS(=O)(=O)NC1CCC(CNC2CC3(CCN(c4ncnc5sc(CC(F)(F)F)cc45)C3)C2)CC1.[HH]. The number of nitrogens with zero attached hydrogens (tertiary/aromatic N) is 3. The molecular weight excluding hydrogens is 511 g/mol. The molecular formula is C24H36F3N5O2S2. The van der Waals surface area contributed by atoms with E-state index in [-0.39, 0.29) is 23.5 Å². The maximum absolute atomic E-state index is 12.9. The second-order valence-electron chi connectivity index (χ2n) is 10.8. The van der Waals surface area contributed by atoms with E-state index in [1.54, 1.807) is 13.0 Å². The van der Waals surface area contributed by atoms with Crippen LogP contribution in [-0.4, -0.2) is 62.0 Å². The van der Waals surface area contributed by atoms with Gasteiger partial charge in [-0.3, -0.25) is 0 Å². The third-order valence-corrected chi connectivity index (χ3v) is 10.6. The Morgan fingerprint density at radius 1 is 1.19 bits per heavy atom. The highest BCUT2D eigenvalue weighted by Crippen LogP contribution is 2.49. The molecule has 1 spiro atoms. The molecule has 3 heterocycles. The summed E-state index contributed by atoms with van der Waals surface area (Å²) in [5, 5.41) is 4.46. The lowest BCUT2D eigenvalue weighted by Gasteiger charge is -2.46. The summed E-state index contributed by atoms with van der Waals surface area (Å²) in [5.74, 6) is 1.47. The van der Waals surface area contributed by atoms with Crippen molar-refractivity contribution in [1.29, 1.82) is 0 Å². The lowest BCUT2D eigenvalue weighted by atomic mass is 9.65. The smallest absolute Gasteiger partial charge is 0.355 e. The van der Waals surface area contributed by atoms with Crippen LogP contribution in [0.1, 0.15) is 58.2 Å². The number of hydrogen-bond donors (Lipinski definition) is 2. The van der Waals surface area contributed by atoms with Crippen molar-refractivity contribution in [3.63, 3.8) is 0 Å². The van der Waals surface area contributed by atoms with Crippen molar-refractivity contribution >= 4 is 37.4 Å². The minimum absolute atomic E-state index is 0. The van der Waals surface area contributed by atoms with Crippen LogP contribution in [0.25, 0.3) is 10.2 Å². The number of rotatable bonds is 8. The van der Waals surface area contributed by atoms with E-state index >= 15 is 0 Å². The molecule has 0 radical (unpaired) electrons. The first kappa shape index (κ1) is 26.1. The van der Waals surface area contributed by atoms with Gasteiger partial charge in [-0.1, -0.05) is 0 Å². The number of nitrogens with one attached hydrogen (secondary N) is 2. The van der Waals surface area contributed by atoms with E-state index in [0.29, 0.717) is 16.8 Å². The summed E-state index contributed by atoms with van der Waals surface area (Å²) in [4.78, 5) is 11.8. The average molecular weight is 548 g/mol. The Kier molecular flexibility index (Phi) is 7.25. The molecule has 202 valence electrons. The summed E-state index contributed by atoms with van der Waals surface area (Å²) >= 11 is 1.10. The minimum atomic E-state index is -4.23. The van der Waals surface area contributed by atoms with Crippen molar-refractivity contribution in [2.75, 3.05) is 30.3 Å². The van der Waals surface area contributed by atoms with Gasteiger partial charge >= 0.3 is 6.18 Å². The number of thiophene rings is 1. The molecule has 0 unspecified atom stereocenters. The van der Waals surface area contributed by atoms with Crippen LogP contribution in [0.3, 0.4) is 0 Å². The molecule has 0 bridgehead atoms. The third kappa shape index (κ3) is 5.97. The number of sulfonamides is 1. The van der Waals surface area contributed by atoms with E-state index in [0.717, 1.165) is 87.1 Å². The Morgan fingerprint density at radius 3 is 2.64 bits per heavy atom. The maximum atomic E-state index is 12.9. The molecule has 5 rings (SSSR count). The number of halogens is 3. The molecule has 0 aromatic carbocycles. The molecule has 1 aliphatic heterocycles. The standard InChI is InChI=1S/C24H34F3N5O2S2.H2/c1-2-36(33,34)31-17-5-3-16(4-6-17)13-28-18-10-23(11-18)7-8-32(14-23)21-20-9-19(12-24(25,26)27)35-22(20)30-15-29-21;/h9,15-18,28,31H,2-8,10-14H2,1H3;1H. The van der Waals surface area contributed by atoms with Crippen LogP contribution < -0.4 is 14.9 Å². The fourth-order valence-electron chi connectivity index (χ4n) is 6.16. The van der Waals surface area contributed by atoms with Crippen LogP contribution in [0.4, 0.5) is 19.0 Å². The predicted molar refractivity (Wildman–Crippen MR) is 138 cm³/mol.